The molecule has 1 fully saturated rings. The Labute approximate surface area is 164 Å². The summed E-state index contributed by atoms with van der Waals surface area (Å²) < 4.78 is 28.1. The first-order chi connectivity index (χ1) is 13.6. The molecule has 0 spiro atoms. The van der Waals surface area contributed by atoms with Crippen molar-refractivity contribution in [3.63, 3.8) is 0 Å². The number of benzene rings is 2. The summed E-state index contributed by atoms with van der Waals surface area (Å²) in [4.78, 5) is 15.2. The Kier molecular flexibility index (Phi) is 5.27. The van der Waals surface area contributed by atoms with Gasteiger partial charge in [0.05, 0.1) is 12.1 Å². The van der Waals surface area contributed by atoms with E-state index in [0.29, 0.717) is 11.5 Å². The van der Waals surface area contributed by atoms with Gasteiger partial charge < -0.3 is 10.2 Å². The fourth-order valence-corrected chi connectivity index (χ4v) is 3.96. The maximum atomic E-state index is 14.4. The van der Waals surface area contributed by atoms with Gasteiger partial charge in [0.2, 0.25) is 5.91 Å². The van der Waals surface area contributed by atoms with E-state index < -0.39 is 11.6 Å². The second kappa shape index (κ2) is 7.84. The van der Waals surface area contributed by atoms with Gasteiger partial charge in [-0.15, -0.1) is 0 Å². The van der Waals surface area contributed by atoms with Crippen molar-refractivity contribution in [2.24, 2.45) is 5.92 Å². The lowest BCUT2D eigenvalue weighted by atomic mass is 10.0. The number of nitrogens with one attached hydrogen (secondary N) is 1. The number of nitrogens with zero attached hydrogens (tertiary/aromatic N) is 1. The van der Waals surface area contributed by atoms with Gasteiger partial charge >= 0.3 is 0 Å². The maximum absolute atomic E-state index is 14.4. The summed E-state index contributed by atoms with van der Waals surface area (Å²) in [5.74, 6) is -0.568. The molecule has 1 aliphatic carbocycles. The smallest absolute Gasteiger partial charge is 0.241 e. The van der Waals surface area contributed by atoms with Gasteiger partial charge in [-0.3, -0.25) is 4.79 Å². The Morgan fingerprint density at radius 2 is 1.93 bits per heavy atom. The number of rotatable bonds is 6. The monoisotopic (exact) mass is 382 g/mol. The van der Waals surface area contributed by atoms with Crippen molar-refractivity contribution in [3.8, 4) is 0 Å². The number of amides is 1. The first-order valence-corrected chi connectivity index (χ1v) is 9.83. The number of carbonyl (C=O) groups excluding carboxylic acids is 1. The number of likely N-dealkylation sites (N-methyl/N-ethyl adjacent to an activating group) is 1. The zero-order chi connectivity index (χ0) is 19.7. The highest BCUT2D eigenvalue weighted by atomic mass is 19.1. The quantitative estimate of drug-likeness (QED) is 0.807. The van der Waals surface area contributed by atoms with Gasteiger partial charge in [0.15, 0.2) is 0 Å². The van der Waals surface area contributed by atoms with Crippen LogP contribution in [0.15, 0.2) is 54.6 Å². The van der Waals surface area contributed by atoms with Crippen LogP contribution in [0.1, 0.15) is 36.9 Å². The molecule has 2 aliphatic rings. The normalized spacial score (nSPS) is 20.2. The van der Waals surface area contributed by atoms with Crippen LogP contribution in [0.4, 0.5) is 8.78 Å². The molecule has 1 aliphatic heterocycles. The van der Waals surface area contributed by atoms with Crippen molar-refractivity contribution in [3.05, 3.63) is 77.4 Å². The van der Waals surface area contributed by atoms with Gasteiger partial charge in [0, 0.05) is 12.1 Å². The lowest BCUT2D eigenvalue weighted by molar-refractivity contribution is -0.134. The molecule has 28 heavy (non-hydrogen) atoms. The standard InChI is InChI=1S/C23H24F2N2O/c1-2-26-22(16-8-9-16)23(28)27-14-17(19-13-18(24)10-11-20(19)25)12-21(27)15-6-4-3-5-7-15/h3-7,10-13,16,21-22,26H,2,8-9,14H2,1H3/t21-,22-/m0/s1. The van der Waals surface area contributed by atoms with Crippen LogP contribution in [0.5, 0.6) is 0 Å². The van der Waals surface area contributed by atoms with Crippen LogP contribution in [-0.2, 0) is 4.79 Å². The lowest BCUT2D eigenvalue weighted by Crippen LogP contribution is -2.47. The van der Waals surface area contributed by atoms with Crippen LogP contribution >= 0.6 is 0 Å². The molecule has 0 saturated heterocycles. The maximum Gasteiger partial charge on any atom is 0.241 e. The molecule has 146 valence electrons. The molecule has 0 bridgehead atoms. The summed E-state index contributed by atoms with van der Waals surface area (Å²) >= 11 is 0. The van der Waals surface area contributed by atoms with Crippen LogP contribution in [0, 0.1) is 17.6 Å². The molecule has 2 aromatic rings. The van der Waals surface area contributed by atoms with Crippen LogP contribution in [0.3, 0.4) is 0 Å². The molecule has 0 radical (unpaired) electrons. The van der Waals surface area contributed by atoms with Gasteiger partial charge in [-0.05, 0) is 54.6 Å². The van der Waals surface area contributed by atoms with Crippen molar-refractivity contribution >= 4 is 11.5 Å². The lowest BCUT2D eigenvalue weighted by Gasteiger charge is -2.30. The molecule has 1 heterocycles. The van der Waals surface area contributed by atoms with Crippen molar-refractivity contribution in [2.75, 3.05) is 13.1 Å². The number of halogens is 2. The molecule has 1 saturated carbocycles. The largest absolute Gasteiger partial charge is 0.326 e. The van der Waals surface area contributed by atoms with Gasteiger partial charge in [-0.25, -0.2) is 8.78 Å². The average molecular weight is 382 g/mol. The summed E-state index contributed by atoms with van der Waals surface area (Å²) in [5.41, 5.74) is 1.83. The molecular weight excluding hydrogens is 358 g/mol. The number of hydrogen-bond acceptors (Lipinski definition) is 2. The van der Waals surface area contributed by atoms with Crippen molar-refractivity contribution in [1.29, 1.82) is 0 Å². The minimum atomic E-state index is -0.484. The summed E-state index contributed by atoms with van der Waals surface area (Å²) in [6.07, 6.45) is 3.99. The molecule has 4 rings (SSSR count). The predicted molar refractivity (Wildman–Crippen MR) is 105 cm³/mol. The summed E-state index contributed by atoms with van der Waals surface area (Å²) in [5, 5.41) is 3.32. The van der Waals surface area contributed by atoms with Gasteiger partial charge in [0.25, 0.3) is 0 Å². The van der Waals surface area contributed by atoms with E-state index in [4.69, 9.17) is 0 Å². The van der Waals surface area contributed by atoms with Crippen LogP contribution < -0.4 is 5.32 Å². The van der Waals surface area contributed by atoms with Crippen LogP contribution in [0.25, 0.3) is 5.57 Å². The minimum absolute atomic E-state index is 0.0289. The first-order valence-electron chi connectivity index (χ1n) is 9.83. The van der Waals surface area contributed by atoms with Crippen molar-refractivity contribution < 1.29 is 13.6 Å². The molecule has 5 heteroatoms. The topological polar surface area (TPSA) is 32.3 Å². The van der Waals surface area contributed by atoms with E-state index in [1.165, 1.54) is 6.07 Å². The molecule has 2 atom stereocenters. The first kappa shape index (κ1) is 18.8. The number of carbonyl (C=O) groups is 1. The van der Waals surface area contributed by atoms with Crippen molar-refractivity contribution in [2.45, 2.75) is 31.8 Å². The minimum Gasteiger partial charge on any atom is -0.326 e. The Hall–Kier alpha value is -2.53. The van der Waals surface area contributed by atoms with E-state index in [0.717, 1.165) is 37.1 Å². The Balaban J connectivity index is 1.69. The van der Waals surface area contributed by atoms with E-state index in [-0.39, 0.29) is 30.1 Å². The SMILES string of the molecule is CCN[C@H](C(=O)N1CC(c2cc(F)ccc2F)=C[C@H]1c1ccccc1)C1CC1. The van der Waals surface area contributed by atoms with Crippen LogP contribution in [-0.4, -0.2) is 29.9 Å². The number of hydrogen-bond donors (Lipinski definition) is 1. The van der Waals surface area contributed by atoms with Crippen LogP contribution in [0.2, 0.25) is 0 Å². The van der Waals surface area contributed by atoms with E-state index in [2.05, 4.69) is 5.32 Å². The third-order valence-electron chi connectivity index (χ3n) is 5.52. The summed E-state index contributed by atoms with van der Waals surface area (Å²) in [6.45, 7) is 2.98. The third kappa shape index (κ3) is 3.72. The van der Waals surface area contributed by atoms with Gasteiger partial charge in [-0.1, -0.05) is 43.3 Å². The van der Waals surface area contributed by atoms with E-state index >= 15 is 0 Å². The molecule has 2 aromatic carbocycles. The molecule has 1 amide bonds. The molecular formula is C23H24F2N2O. The molecule has 1 N–H and O–H groups in total. The second-order valence-corrected chi connectivity index (χ2v) is 7.51. The highest BCUT2D eigenvalue weighted by Gasteiger charge is 2.41. The second-order valence-electron chi connectivity index (χ2n) is 7.51. The zero-order valence-electron chi connectivity index (χ0n) is 15.9. The van der Waals surface area contributed by atoms with E-state index in [9.17, 15) is 13.6 Å². The van der Waals surface area contributed by atoms with E-state index in [1.54, 1.807) is 4.90 Å². The third-order valence-corrected chi connectivity index (χ3v) is 5.52. The Bertz CT molecular complexity index is 893. The molecule has 0 unspecified atom stereocenters. The zero-order valence-corrected chi connectivity index (χ0v) is 15.9. The average Bonchev–Trinajstić information content (AvgIpc) is 3.45. The van der Waals surface area contributed by atoms with Gasteiger partial charge in [0.1, 0.15) is 11.6 Å². The van der Waals surface area contributed by atoms with Gasteiger partial charge in [-0.2, -0.15) is 0 Å². The predicted octanol–water partition coefficient (Wildman–Crippen LogP) is 4.32. The summed E-state index contributed by atoms with van der Waals surface area (Å²) in [6, 6.07) is 12.7. The Morgan fingerprint density at radius 3 is 2.61 bits per heavy atom. The van der Waals surface area contributed by atoms with E-state index in [1.807, 2.05) is 43.3 Å². The van der Waals surface area contributed by atoms with Crippen molar-refractivity contribution in [1.82, 2.24) is 10.2 Å². The fourth-order valence-electron chi connectivity index (χ4n) is 3.96. The molecule has 3 nitrogen and oxygen atoms in total. The molecule has 0 aromatic heterocycles. The fraction of sp³-hybridized carbons (Fsp3) is 0.348. The highest BCUT2D eigenvalue weighted by Crippen LogP contribution is 2.39. The highest BCUT2D eigenvalue weighted by molar-refractivity contribution is 5.87. The Morgan fingerprint density at radius 1 is 1.18 bits per heavy atom. The summed E-state index contributed by atoms with van der Waals surface area (Å²) in [7, 11) is 0.